The van der Waals surface area contributed by atoms with E-state index in [0.29, 0.717) is 58.6 Å². The number of halogens is 2. The molecule has 1 aromatic heterocycles. The summed E-state index contributed by atoms with van der Waals surface area (Å²) in [5.74, 6) is -1.29. The summed E-state index contributed by atoms with van der Waals surface area (Å²) in [7, 11) is 0. The van der Waals surface area contributed by atoms with Crippen molar-refractivity contribution in [2.75, 3.05) is 6.61 Å². The van der Waals surface area contributed by atoms with Gasteiger partial charge < -0.3 is 4.74 Å². The van der Waals surface area contributed by atoms with Crippen LogP contribution in [0.5, 0.6) is 0 Å². The number of fused-ring (bicyclic) bond motifs is 1. The summed E-state index contributed by atoms with van der Waals surface area (Å²) in [4.78, 5) is 25.4. The van der Waals surface area contributed by atoms with Crippen LogP contribution in [0.2, 0.25) is 5.02 Å². The summed E-state index contributed by atoms with van der Waals surface area (Å²) in [5.41, 5.74) is 2.68. The van der Waals surface area contributed by atoms with Gasteiger partial charge in [0.1, 0.15) is 5.82 Å². The average molecular weight is 441 g/mol. The molecule has 2 aromatic carbocycles. The summed E-state index contributed by atoms with van der Waals surface area (Å²) < 4.78 is 21.2. The van der Waals surface area contributed by atoms with E-state index in [-0.39, 0.29) is 11.9 Å². The molecule has 0 spiro atoms. The summed E-state index contributed by atoms with van der Waals surface area (Å²) in [6.45, 7) is 3.92. The van der Waals surface area contributed by atoms with Crippen LogP contribution in [0.3, 0.4) is 0 Å². The Labute approximate surface area is 184 Å². The first kappa shape index (κ1) is 21.2. The minimum atomic E-state index is -0.448. The number of carbonyl (C=O) groups excluding carboxylic acids is 2. The van der Waals surface area contributed by atoms with Crippen molar-refractivity contribution >= 4 is 40.0 Å². The molecule has 0 saturated carbocycles. The zero-order valence-corrected chi connectivity index (χ0v) is 18.1. The van der Waals surface area contributed by atoms with E-state index in [0.717, 1.165) is 5.57 Å². The summed E-state index contributed by atoms with van der Waals surface area (Å²) in [6.07, 6.45) is 3.53. The lowest BCUT2D eigenvalue weighted by Gasteiger charge is -2.19. The Hall–Kier alpha value is -2.99. The number of allylic oxidation sites excluding steroid dienone is 2. The second-order valence-corrected chi connectivity index (χ2v) is 7.99. The molecule has 0 saturated heterocycles. The minimum Gasteiger partial charge on any atom is -0.466 e. The SMILES string of the molecule is CCOC(=O)C1CC=C(c2nn(C(=O)c3c(C)cccc3Cl)c3cccc(F)c23)CC1. The van der Waals surface area contributed by atoms with Gasteiger partial charge >= 0.3 is 5.97 Å². The molecule has 0 aliphatic heterocycles. The average Bonchev–Trinajstić information content (AvgIpc) is 3.15. The van der Waals surface area contributed by atoms with Gasteiger partial charge in [-0.2, -0.15) is 9.78 Å². The van der Waals surface area contributed by atoms with Crippen LogP contribution in [0.25, 0.3) is 16.5 Å². The molecule has 160 valence electrons. The quantitative estimate of drug-likeness (QED) is 0.497. The molecule has 0 fully saturated rings. The molecule has 0 amide bonds. The Bertz CT molecular complexity index is 1190. The van der Waals surface area contributed by atoms with Gasteiger partial charge in [0.2, 0.25) is 0 Å². The molecule has 1 unspecified atom stereocenters. The van der Waals surface area contributed by atoms with Gasteiger partial charge in [0.25, 0.3) is 5.91 Å². The number of rotatable bonds is 4. The maximum Gasteiger partial charge on any atom is 0.309 e. The van der Waals surface area contributed by atoms with E-state index in [2.05, 4.69) is 5.10 Å². The normalized spacial score (nSPS) is 16.3. The van der Waals surface area contributed by atoms with Crippen molar-refractivity contribution in [2.24, 2.45) is 5.92 Å². The van der Waals surface area contributed by atoms with Gasteiger partial charge in [-0.25, -0.2) is 4.39 Å². The number of hydrogen-bond donors (Lipinski definition) is 0. The minimum absolute atomic E-state index is 0.214. The van der Waals surface area contributed by atoms with E-state index in [1.54, 1.807) is 44.2 Å². The largest absolute Gasteiger partial charge is 0.466 e. The number of aryl methyl sites for hydroxylation is 1. The fraction of sp³-hybridized carbons (Fsp3) is 0.292. The van der Waals surface area contributed by atoms with Gasteiger partial charge in [0, 0.05) is 0 Å². The van der Waals surface area contributed by atoms with Gasteiger partial charge in [-0.1, -0.05) is 35.9 Å². The van der Waals surface area contributed by atoms with Crippen molar-refractivity contribution in [3.8, 4) is 0 Å². The fourth-order valence-corrected chi connectivity index (χ4v) is 4.34. The van der Waals surface area contributed by atoms with Crippen LogP contribution in [0, 0.1) is 18.7 Å². The van der Waals surface area contributed by atoms with Crippen molar-refractivity contribution in [1.82, 2.24) is 9.78 Å². The van der Waals surface area contributed by atoms with Crippen molar-refractivity contribution < 1.29 is 18.7 Å². The maximum absolute atomic E-state index is 14.9. The summed E-state index contributed by atoms with van der Waals surface area (Å²) in [6, 6.07) is 9.79. The van der Waals surface area contributed by atoms with Crippen LogP contribution in [0.15, 0.2) is 42.5 Å². The monoisotopic (exact) mass is 440 g/mol. The van der Waals surface area contributed by atoms with Gasteiger partial charge in [-0.05, 0) is 62.4 Å². The number of carbonyl (C=O) groups is 2. The first-order valence-electron chi connectivity index (χ1n) is 10.3. The van der Waals surface area contributed by atoms with Crippen LogP contribution in [-0.4, -0.2) is 28.3 Å². The smallest absolute Gasteiger partial charge is 0.309 e. The highest BCUT2D eigenvalue weighted by Gasteiger charge is 2.28. The lowest BCUT2D eigenvalue weighted by atomic mass is 9.87. The molecular weight excluding hydrogens is 419 g/mol. The number of benzene rings is 2. The first-order chi connectivity index (χ1) is 14.9. The van der Waals surface area contributed by atoms with Crippen LogP contribution in [0.4, 0.5) is 4.39 Å². The molecule has 31 heavy (non-hydrogen) atoms. The molecule has 4 rings (SSSR count). The molecule has 5 nitrogen and oxygen atoms in total. The zero-order chi connectivity index (χ0) is 22.1. The number of esters is 1. The fourth-order valence-electron chi connectivity index (χ4n) is 4.04. The second kappa shape index (κ2) is 8.63. The topological polar surface area (TPSA) is 61.2 Å². The summed E-state index contributed by atoms with van der Waals surface area (Å²) in [5, 5.41) is 5.14. The molecule has 3 aromatic rings. The Morgan fingerprint density at radius 2 is 2.03 bits per heavy atom. The van der Waals surface area contributed by atoms with E-state index in [1.165, 1.54) is 10.7 Å². The molecule has 1 aliphatic carbocycles. The standard InChI is InChI=1S/C24H22ClFN2O3/c1-3-31-24(30)16-12-10-15(11-13-16)22-21-18(26)8-5-9-19(21)28(27-22)23(29)20-14(2)6-4-7-17(20)25/h4-10,16H,3,11-13H2,1-2H3. The van der Waals surface area contributed by atoms with Gasteiger partial charge in [-0.15, -0.1) is 0 Å². The molecule has 7 heteroatoms. The van der Waals surface area contributed by atoms with Crippen molar-refractivity contribution in [3.63, 3.8) is 0 Å². The molecule has 1 heterocycles. The third-order valence-corrected chi connectivity index (χ3v) is 5.93. The second-order valence-electron chi connectivity index (χ2n) is 7.58. The van der Waals surface area contributed by atoms with Crippen molar-refractivity contribution in [2.45, 2.75) is 33.1 Å². The number of hydrogen-bond acceptors (Lipinski definition) is 4. The van der Waals surface area contributed by atoms with E-state index in [1.807, 2.05) is 6.08 Å². The molecule has 1 aliphatic rings. The van der Waals surface area contributed by atoms with Crippen LogP contribution in [0.1, 0.15) is 47.8 Å². The Kier molecular flexibility index (Phi) is 5.92. The van der Waals surface area contributed by atoms with E-state index in [9.17, 15) is 14.0 Å². The van der Waals surface area contributed by atoms with E-state index >= 15 is 0 Å². The Morgan fingerprint density at radius 3 is 2.71 bits per heavy atom. The Balaban J connectivity index is 1.79. The molecule has 0 radical (unpaired) electrons. The van der Waals surface area contributed by atoms with Gasteiger partial charge in [-0.3, -0.25) is 9.59 Å². The predicted molar refractivity (Wildman–Crippen MR) is 118 cm³/mol. The third-order valence-electron chi connectivity index (χ3n) is 5.62. The number of ether oxygens (including phenoxy) is 1. The molecule has 1 atom stereocenters. The lowest BCUT2D eigenvalue weighted by molar-refractivity contribution is -0.148. The highest BCUT2D eigenvalue weighted by atomic mass is 35.5. The van der Waals surface area contributed by atoms with E-state index in [4.69, 9.17) is 16.3 Å². The van der Waals surface area contributed by atoms with Crippen LogP contribution >= 0.6 is 11.6 Å². The molecule has 0 bridgehead atoms. The molecule has 0 N–H and O–H groups in total. The van der Waals surface area contributed by atoms with Crippen molar-refractivity contribution in [3.05, 3.63) is 70.1 Å². The lowest BCUT2D eigenvalue weighted by Crippen LogP contribution is -2.20. The molecular formula is C24H22ClFN2O3. The Morgan fingerprint density at radius 1 is 1.26 bits per heavy atom. The van der Waals surface area contributed by atoms with Gasteiger partial charge in [0.05, 0.1) is 39.7 Å². The van der Waals surface area contributed by atoms with Crippen molar-refractivity contribution in [1.29, 1.82) is 0 Å². The summed E-state index contributed by atoms with van der Waals surface area (Å²) >= 11 is 6.29. The van der Waals surface area contributed by atoms with Crippen LogP contribution < -0.4 is 0 Å². The number of nitrogens with zero attached hydrogens (tertiary/aromatic N) is 2. The third kappa shape index (κ3) is 3.88. The van der Waals surface area contributed by atoms with Crippen LogP contribution in [-0.2, 0) is 9.53 Å². The predicted octanol–water partition coefficient (Wildman–Crippen LogP) is 5.57. The highest BCUT2D eigenvalue weighted by molar-refractivity contribution is 6.34. The maximum atomic E-state index is 14.9. The first-order valence-corrected chi connectivity index (χ1v) is 10.6. The van der Waals surface area contributed by atoms with E-state index < -0.39 is 11.7 Å². The highest BCUT2D eigenvalue weighted by Crippen LogP contribution is 2.35. The zero-order valence-electron chi connectivity index (χ0n) is 17.3. The number of aromatic nitrogens is 2. The van der Waals surface area contributed by atoms with Gasteiger partial charge in [0.15, 0.2) is 0 Å².